The fourth-order valence-corrected chi connectivity index (χ4v) is 3.15. The van der Waals surface area contributed by atoms with Crippen molar-refractivity contribution in [3.63, 3.8) is 0 Å². The standard InChI is InChI=1S/C16H24N6O2S/c1-10-13(11(2)21(3)19-10)8-22(12-5-6-12)16(23)17-7-15-18-14(9-25-4)20-24-15/h12H,5-9H2,1-4H3,(H,17,23). The van der Waals surface area contributed by atoms with Gasteiger partial charge in [-0.05, 0) is 32.9 Å². The Bertz CT molecular complexity index is 752. The van der Waals surface area contributed by atoms with Crippen molar-refractivity contribution in [1.82, 2.24) is 30.1 Å². The number of aryl methyl sites for hydroxylation is 2. The van der Waals surface area contributed by atoms with Crippen molar-refractivity contribution in [1.29, 1.82) is 0 Å². The SMILES string of the molecule is CSCc1noc(CNC(=O)N(Cc2c(C)nn(C)c2C)C2CC2)n1. The molecule has 8 nitrogen and oxygen atoms in total. The van der Waals surface area contributed by atoms with Crippen LogP contribution in [-0.2, 0) is 25.9 Å². The first-order valence-corrected chi connectivity index (χ1v) is 9.73. The highest BCUT2D eigenvalue weighted by atomic mass is 32.2. The van der Waals surface area contributed by atoms with Crippen LogP contribution in [0.5, 0.6) is 0 Å². The van der Waals surface area contributed by atoms with Crippen LogP contribution >= 0.6 is 11.8 Å². The van der Waals surface area contributed by atoms with Gasteiger partial charge in [0.25, 0.3) is 0 Å². The fraction of sp³-hybridized carbons (Fsp3) is 0.625. The van der Waals surface area contributed by atoms with Gasteiger partial charge in [0.1, 0.15) is 0 Å². The van der Waals surface area contributed by atoms with Crippen LogP contribution in [0.15, 0.2) is 4.52 Å². The smallest absolute Gasteiger partial charge is 0.318 e. The Morgan fingerprint density at radius 2 is 2.20 bits per heavy atom. The average molecular weight is 364 g/mol. The quantitative estimate of drug-likeness (QED) is 0.810. The van der Waals surface area contributed by atoms with Gasteiger partial charge in [-0.25, -0.2) is 4.79 Å². The Labute approximate surface area is 151 Å². The third kappa shape index (κ3) is 4.15. The van der Waals surface area contributed by atoms with Crippen LogP contribution in [0.25, 0.3) is 0 Å². The molecule has 1 saturated carbocycles. The molecule has 1 fully saturated rings. The van der Waals surface area contributed by atoms with Gasteiger partial charge in [-0.15, -0.1) is 0 Å². The fourth-order valence-electron chi connectivity index (χ4n) is 2.77. The summed E-state index contributed by atoms with van der Waals surface area (Å²) in [5.41, 5.74) is 3.18. The molecular formula is C16H24N6O2S. The molecule has 0 atom stereocenters. The van der Waals surface area contributed by atoms with Gasteiger partial charge >= 0.3 is 6.03 Å². The zero-order valence-electron chi connectivity index (χ0n) is 15.1. The van der Waals surface area contributed by atoms with Crippen molar-refractivity contribution in [2.45, 2.75) is 51.6 Å². The molecule has 2 aromatic heterocycles. The topological polar surface area (TPSA) is 89.1 Å². The molecule has 0 radical (unpaired) electrons. The molecule has 2 amide bonds. The molecule has 9 heteroatoms. The number of aromatic nitrogens is 4. The van der Waals surface area contributed by atoms with Gasteiger partial charge < -0.3 is 14.7 Å². The van der Waals surface area contributed by atoms with E-state index < -0.39 is 0 Å². The van der Waals surface area contributed by atoms with E-state index in [1.54, 1.807) is 11.8 Å². The molecule has 1 aliphatic rings. The molecule has 0 bridgehead atoms. The summed E-state index contributed by atoms with van der Waals surface area (Å²) < 4.78 is 7.02. The molecule has 0 spiro atoms. The Balaban J connectivity index is 1.63. The average Bonchev–Trinajstić information content (AvgIpc) is 3.27. The predicted octanol–water partition coefficient (Wildman–Crippen LogP) is 2.16. The number of amides is 2. The van der Waals surface area contributed by atoms with Crippen molar-refractivity contribution in [3.05, 3.63) is 28.7 Å². The van der Waals surface area contributed by atoms with Crippen molar-refractivity contribution in [2.24, 2.45) is 7.05 Å². The van der Waals surface area contributed by atoms with Gasteiger partial charge in [0.15, 0.2) is 5.82 Å². The minimum Gasteiger partial charge on any atom is -0.337 e. The van der Waals surface area contributed by atoms with E-state index in [2.05, 4.69) is 20.6 Å². The van der Waals surface area contributed by atoms with Crippen LogP contribution in [0.4, 0.5) is 4.79 Å². The van der Waals surface area contributed by atoms with E-state index in [0.717, 1.165) is 29.8 Å². The molecule has 2 aromatic rings. The van der Waals surface area contributed by atoms with Crippen LogP contribution in [0.2, 0.25) is 0 Å². The van der Waals surface area contributed by atoms with Gasteiger partial charge in [0, 0.05) is 24.3 Å². The Kier molecular flexibility index (Phi) is 5.31. The first-order chi connectivity index (χ1) is 12.0. The molecule has 1 N–H and O–H groups in total. The molecule has 25 heavy (non-hydrogen) atoms. The molecule has 3 rings (SSSR count). The van der Waals surface area contributed by atoms with E-state index >= 15 is 0 Å². The summed E-state index contributed by atoms with van der Waals surface area (Å²) in [5, 5.41) is 11.2. The summed E-state index contributed by atoms with van der Waals surface area (Å²) in [6, 6.07) is 0.198. The molecular weight excluding hydrogens is 340 g/mol. The lowest BCUT2D eigenvalue weighted by Crippen LogP contribution is -2.40. The number of hydrogen-bond donors (Lipinski definition) is 1. The van der Waals surface area contributed by atoms with E-state index in [0.29, 0.717) is 30.1 Å². The van der Waals surface area contributed by atoms with Crippen molar-refractivity contribution < 1.29 is 9.32 Å². The van der Waals surface area contributed by atoms with Gasteiger partial charge in [-0.3, -0.25) is 4.68 Å². The zero-order chi connectivity index (χ0) is 18.0. The predicted molar refractivity (Wildman–Crippen MR) is 95.0 cm³/mol. The number of hydrogen-bond acceptors (Lipinski definition) is 6. The van der Waals surface area contributed by atoms with Crippen molar-refractivity contribution >= 4 is 17.8 Å². The summed E-state index contributed by atoms with van der Waals surface area (Å²) in [5.74, 6) is 1.78. The highest BCUT2D eigenvalue weighted by Crippen LogP contribution is 2.29. The number of carbonyl (C=O) groups is 1. The van der Waals surface area contributed by atoms with E-state index in [-0.39, 0.29) is 12.6 Å². The maximum atomic E-state index is 12.7. The Morgan fingerprint density at radius 3 is 2.80 bits per heavy atom. The lowest BCUT2D eigenvalue weighted by atomic mass is 10.2. The van der Waals surface area contributed by atoms with E-state index in [1.807, 2.05) is 36.7 Å². The van der Waals surface area contributed by atoms with Crippen LogP contribution in [-0.4, -0.2) is 43.1 Å². The maximum absolute atomic E-state index is 12.7. The van der Waals surface area contributed by atoms with Crippen LogP contribution < -0.4 is 5.32 Å². The van der Waals surface area contributed by atoms with Crippen LogP contribution in [0.3, 0.4) is 0 Å². The second kappa shape index (κ2) is 7.47. The first kappa shape index (κ1) is 17.8. The summed E-state index contributed by atoms with van der Waals surface area (Å²) >= 11 is 1.63. The normalized spacial score (nSPS) is 13.9. The minimum atomic E-state index is -0.102. The number of nitrogens with zero attached hydrogens (tertiary/aromatic N) is 5. The third-order valence-electron chi connectivity index (χ3n) is 4.41. The van der Waals surface area contributed by atoms with Gasteiger partial charge in [-0.1, -0.05) is 5.16 Å². The van der Waals surface area contributed by atoms with Crippen molar-refractivity contribution in [2.75, 3.05) is 6.26 Å². The zero-order valence-corrected chi connectivity index (χ0v) is 15.9. The first-order valence-electron chi connectivity index (χ1n) is 8.33. The monoisotopic (exact) mass is 364 g/mol. The summed E-state index contributed by atoms with van der Waals surface area (Å²) in [6.45, 7) is 4.83. The Hall–Kier alpha value is -2.03. The minimum absolute atomic E-state index is 0.102. The van der Waals surface area contributed by atoms with E-state index in [4.69, 9.17) is 4.52 Å². The number of rotatable bonds is 7. The van der Waals surface area contributed by atoms with E-state index in [1.165, 1.54) is 0 Å². The van der Waals surface area contributed by atoms with Gasteiger partial charge in [0.05, 0.1) is 24.5 Å². The molecule has 0 unspecified atom stereocenters. The molecule has 2 heterocycles. The largest absolute Gasteiger partial charge is 0.337 e. The number of carbonyl (C=O) groups excluding carboxylic acids is 1. The molecule has 0 aliphatic heterocycles. The van der Waals surface area contributed by atoms with Crippen LogP contribution in [0.1, 0.15) is 41.5 Å². The highest BCUT2D eigenvalue weighted by molar-refractivity contribution is 7.97. The van der Waals surface area contributed by atoms with Crippen molar-refractivity contribution in [3.8, 4) is 0 Å². The molecule has 0 saturated heterocycles. The lowest BCUT2D eigenvalue weighted by Gasteiger charge is -2.22. The molecule has 0 aromatic carbocycles. The number of nitrogens with one attached hydrogen (secondary N) is 1. The van der Waals surface area contributed by atoms with Gasteiger partial charge in [0.2, 0.25) is 5.89 Å². The summed E-state index contributed by atoms with van der Waals surface area (Å²) in [6.07, 6.45) is 4.07. The number of thioether (sulfide) groups is 1. The second-order valence-corrected chi connectivity index (χ2v) is 7.19. The summed E-state index contributed by atoms with van der Waals surface area (Å²) in [7, 11) is 1.93. The second-order valence-electron chi connectivity index (χ2n) is 6.33. The lowest BCUT2D eigenvalue weighted by molar-refractivity contribution is 0.189. The molecule has 136 valence electrons. The summed E-state index contributed by atoms with van der Waals surface area (Å²) in [4.78, 5) is 18.8. The maximum Gasteiger partial charge on any atom is 0.318 e. The Morgan fingerprint density at radius 1 is 1.44 bits per heavy atom. The number of urea groups is 1. The van der Waals surface area contributed by atoms with Gasteiger partial charge in [-0.2, -0.15) is 21.8 Å². The van der Waals surface area contributed by atoms with E-state index in [9.17, 15) is 4.79 Å². The highest BCUT2D eigenvalue weighted by Gasteiger charge is 2.33. The molecule has 1 aliphatic carbocycles. The third-order valence-corrected chi connectivity index (χ3v) is 4.96. The van der Waals surface area contributed by atoms with Crippen LogP contribution in [0, 0.1) is 13.8 Å².